The number of pyridine rings is 1. The topological polar surface area (TPSA) is 75.1 Å². The number of H-pyrrole nitrogens is 1. The summed E-state index contributed by atoms with van der Waals surface area (Å²) in [6, 6.07) is 15.3. The summed E-state index contributed by atoms with van der Waals surface area (Å²) in [5.41, 5.74) is 2.70. The van der Waals surface area contributed by atoms with E-state index < -0.39 is 5.56 Å². The summed E-state index contributed by atoms with van der Waals surface area (Å²) in [4.78, 5) is 27.8. The Morgan fingerprint density at radius 2 is 1.96 bits per heavy atom. The van der Waals surface area contributed by atoms with Crippen LogP contribution < -0.4 is 10.9 Å². The van der Waals surface area contributed by atoms with Gasteiger partial charge in [-0.25, -0.2) is 0 Å². The molecule has 0 bridgehead atoms. The third kappa shape index (κ3) is 3.52. The molecule has 2 N–H and O–H groups in total. The van der Waals surface area contributed by atoms with Crippen LogP contribution in [0, 0.1) is 6.92 Å². The number of aromatic amines is 1. The van der Waals surface area contributed by atoms with Crippen molar-refractivity contribution in [3.8, 4) is 11.5 Å². The first-order valence-corrected chi connectivity index (χ1v) is 9.70. The van der Waals surface area contributed by atoms with Gasteiger partial charge in [-0.15, -0.1) is 0 Å². The van der Waals surface area contributed by atoms with Gasteiger partial charge in [0.1, 0.15) is 11.3 Å². The van der Waals surface area contributed by atoms with Crippen molar-refractivity contribution in [1.29, 1.82) is 0 Å². The van der Waals surface area contributed by atoms with Crippen LogP contribution in [0.1, 0.15) is 47.2 Å². The maximum atomic E-state index is 12.7. The summed E-state index contributed by atoms with van der Waals surface area (Å²) < 4.78 is 5.29. The second-order valence-corrected chi connectivity index (χ2v) is 7.63. The van der Waals surface area contributed by atoms with Crippen LogP contribution >= 0.6 is 0 Å². The summed E-state index contributed by atoms with van der Waals surface area (Å²) in [5, 5.41) is 3.01. The molecule has 1 saturated carbocycles. The number of amides is 1. The molecule has 0 saturated heterocycles. The molecular formula is C23H24N2O3. The highest BCUT2D eigenvalue weighted by Crippen LogP contribution is 2.40. The third-order valence-electron chi connectivity index (χ3n) is 5.72. The van der Waals surface area contributed by atoms with Crippen LogP contribution in [0.25, 0.3) is 11.5 Å². The van der Waals surface area contributed by atoms with E-state index >= 15 is 0 Å². The molecule has 3 aromatic rings. The van der Waals surface area contributed by atoms with E-state index in [9.17, 15) is 9.59 Å². The molecule has 1 aromatic carbocycles. The average molecular weight is 376 g/mol. The van der Waals surface area contributed by atoms with E-state index in [1.54, 1.807) is 30.5 Å². The molecule has 1 fully saturated rings. The van der Waals surface area contributed by atoms with Crippen LogP contribution in [-0.2, 0) is 5.41 Å². The van der Waals surface area contributed by atoms with E-state index in [1.807, 2.05) is 0 Å². The molecule has 4 rings (SSSR count). The molecule has 5 heteroatoms. The highest BCUT2D eigenvalue weighted by molar-refractivity contribution is 5.94. The fraction of sp³-hybridized carbons (Fsp3) is 0.304. The summed E-state index contributed by atoms with van der Waals surface area (Å²) in [7, 11) is 0. The van der Waals surface area contributed by atoms with Gasteiger partial charge in [-0.1, -0.05) is 42.7 Å². The lowest BCUT2D eigenvalue weighted by atomic mass is 9.78. The quantitative estimate of drug-likeness (QED) is 0.701. The molecule has 1 aliphatic rings. The van der Waals surface area contributed by atoms with Crippen molar-refractivity contribution in [3.63, 3.8) is 0 Å². The molecule has 0 aliphatic heterocycles. The average Bonchev–Trinajstić information content (AvgIpc) is 3.39. The van der Waals surface area contributed by atoms with Crippen molar-refractivity contribution >= 4 is 5.91 Å². The predicted molar refractivity (Wildman–Crippen MR) is 108 cm³/mol. The number of hydrogen-bond donors (Lipinski definition) is 2. The molecule has 28 heavy (non-hydrogen) atoms. The van der Waals surface area contributed by atoms with E-state index in [2.05, 4.69) is 41.5 Å². The highest BCUT2D eigenvalue weighted by atomic mass is 16.3. The van der Waals surface area contributed by atoms with E-state index in [4.69, 9.17) is 4.42 Å². The Balaban J connectivity index is 1.52. The lowest BCUT2D eigenvalue weighted by molar-refractivity contribution is 0.0941. The van der Waals surface area contributed by atoms with Crippen molar-refractivity contribution in [1.82, 2.24) is 10.3 Å². The van der Waals surface area contributed by atoms with E-state index in [1.165, 1.54) is 11.1 Å². The van der Waals surface area contributed by atoms with Gasteiger partial charge in [0, 0.05) is 12.0 Å². The van der Waals surface area contributed by atoms with Gasteiger partial charge in [0.2, 0.25) is 0 Å². The number of aryl methyl sites for hydroxylation is 1. The highest BCUT2D eigenvalue weighted by Gasteiger charge is 2.36. The Bertz CT molecular complexity index is 1030. The van der Waals surface area contributed by atoms with Crippen molar-refractivity contribution in [2.75, 3.05) is 6.54 Å². The van der Waals surface area contributed by atoms with E-state index in [0.717, 1.165) is 25.7 Å². The molecular weight excluding hydrogens is 352 g/mol. The van der Waals surface area contributed by atoms with Crippen molar-refractivity contribution in [2.24, 2.45) is 0 Å². The van der Waals surface area contributed by atoms with Gasteiger partial charge in [0.15, 0.2) is 0 Å². The molecule has 0 spiro atoms. The van der Waals surface area contributed by atoms with Gasteiger partial charge >= 0.3 is 0 Å². The lowest BCUT2D eigenvalue weighted by Gasteiger charge is -2.30. The van der Waals surface area contributed by atoms with Gasteiger partial charge in [-0.3, -0.25) is 9.59 Å². The molecule has 2 heterocycles. The number of aromatic nitrogens is 1. The minimum atomic E-state index is -0.414. The van der Waals surface area contributed by atoms with Crippen LogP contribution in [0.5, 0.6) is 0 Å². The van der Waals surface area contributed by atoms with E-state index in [-0.39, 0.29) is 16.9 Å². The Hall–Kier alpha value is -3.08. The molecule has 0 atom stereocenters. The first kappa shape index (κ1) is 18.3. The van der Waals surface area contributed by atoms with Gasteiger partial charge in [-0.2, -0.15) is 0 Å². The molecule has 1 aliphatic carbocycles. The van der Waals surface area contributed by atoms with Crippen LogP contribution in [-0.4, -0.2) is 17.4 Å². The van der Waals surface area contributed by atoms with Gasteiger partial charge in [0.25, 0.3) is 11.5 Å². The number of benzene rings is 1. The lowest BCUT2D eigenvalue weighted by Crippen LogP contribution is -2.40. The first-order chi connectivity index (χ1) is 13.6. The SMILES string of the molecule is Cc1cccc(C2(CNC(=O)c3ccc(-c4ccco4)[nH]c3=O)CCCC2)c1. The molecule has 2 aromatic heterocycles. The molecule has 1 amide bonds. The zero-order valence-corrected chi connectivity index (χ0v) is 16.0. The van der Waals surface area contributed by atoms with Crippen LogP contribution in [0.3, 0.4) is 0 Å². The maximum Gasteiger partial charge on any atom is 0.261 e. The smallest absolute Gasteiger partial charge is 0.261 e. The van der Waals surface area contributed by atoms with E-state index in [0.29, 0.717) is 18.0 Å². The predicted octanol–water partition coefficient (Wildman–Crippen LogP) is 4.19. The monoisotopic (exact) mass is 376 g/mol. The van der Waals surface area contributed by atoms with Crippen LogP contribution in [0.2, 0.25) is 0 Å². The number of hydrogen-bond acceptors (Lipinski definition) is 3. The largest absolute Gasteiger partial charge is 0.463 e. The summed E-state index contributed by atoms with van der Waals surface area (Å²) in [6.45, 7) is 2.62. The van der Waals surface area contributed by atoms with Crippen molar-refractivity contribution in [3.05, 3.63) is 81.8 Å². The van der Waals surface area contributed by atoms with Gasteiger partial charge in [0.05, 0.1) is 12.0 Å². The zero-order chi connectivity index (χ0) is 19.6. The Morgan fingerprint density at radius 1 is 1.14 bits per heavy atom. The zero-order valence-electron chi connectivity index (χ0n) is 16.0. The molecule has 0 unspecified atom stereocenters. The summed E-state index contributed by atoms with van der Waals surface area (Å²) >= 11 is 0. The van der Waals surface area contributed by atoms with Crippen LogP contribution in [0.4, 0.5) is 0 Å². The summed E-state index contributed by atoms with van der Waals surface area (Å²) in [5.74, 6) is 0.222. The number of carbonyl (C=O) groups is 1. The Labute approximate surface area is 163 Å². The fourth-order valence-electron chi connectivity index (χ4n) is 4.17. The third-order valence-corrected chi connectivity index (χ3v) is 5.72. The number of carbonyl (C=O) groups excluding carboxylic acids is 1. The standard InChI is InChI=1S/C23H24N2O3/c1-16-6-4-7-17(14-16)23(11-2-3-12-23)15-24-21(26)18-9-10-19(25-22(18)27)20-8-5-13-28-20/h4-10,13-14H,2-3,11-12,15H2,1H3,(H,24,26)(H,25,27). The maximum absolute atomic E-state index is 12.7. The number of nitrogens with one attached hydrogen (secondary N) is 2. The summed E-state index contributed by atoms with van der Waals surface area (Å²) in [6.07, 6.45) is 5.94. The number of rotatable bonds is 5. The minimum absolute atomic E-state index is 0.0530. The van der Waals surface area contributed by atoms with Crippen LogP contribution in [0.15, 0.2) is 64.0 Å². The van der Waals surface area contributed by atoms with Gasteiger partial charge in [-0.05, 0) is 49.6 Å². The Kier molecular flexibility index (Phi) is 4.90. The van der Waals surface area contributed by atoms with Crippen molar-refractivity contribution < 1.29 is 9.21 Å². The second-order valence-electron chi connectivity index (χ2n) is 7.63. The minimum Gasteiger partial charge on any atom is -0.463 e. The van der Waals surface area contributed by atoms with Gasteiger partial charge < -0.3 is 14.7 Å². The van der Waals surface area contributed by atoms with Crippen molar-refractivity contribution in [2.45, 2.75) is 38.0 Å². The second kappa shape index (κ2) is 7.50. The fourth-order valence-corrected chi connectivity index (χ4v) is 4.17. The molecule has 144 valence electrons. The molecule has 5 nitrogen and oxygen atoms in total. The molecule has 0 radical (unpaired) electrons. The normalized spacial score (nSPS) is 15.5. The number of furan rings is 1. The Morgan fingerprint density at radius 3 is 2.64 bits per heavy atom. The first-order valence-electron chi connectivity index (χ1n) is 9.70.